The van der Waals surface area contributed by atoms with E-state index in [1.54, 1.807) is 6.07 Å². The number of rotatable bonds is 5. The highest BCUT2D eigenvalue weighted by Crippen LogP contribution is 2.17. The third-order valence-corrected chi connectivity index (χ3v) is 3.00. The van der Waals surface area contributed by atoms with E-state index in [4.69, 9.17) is 5.11 Å². The van der Waals surface area contributed by atoms with Gasteiger partial charge in [-0.1, -0.05) is 13.8 Å². The zero-order valence-corrected chi connectivity index (χ0v) is 9.43. The van der Waals surface area contributed by atoms with E-state index in [2.05, 4.69) is 13.8 Å². The molecule has 0 aliphatic rings. The van der Waals surface area contributed by atoms with E-state index in [0.29, 0.717) is 12.3 Å². The molecule has 0 fully saturated rings. The second kappa shape index (κ2) is 5.27. The highest BCUT2D eigenvalue weighted by Gasteiger charge is 2.08. The lowest BCUT2D eigenvalue weighted by Gasteiger charge is -2.01. The van der Waals surface area contributed by atoms with Gasteiger partial charge in [-0.15, -0.1) is 11.3 Å². The van der Waals surface area contributed by atoms with E-state index in [1.807, 2.05) is 5.38 Å². The smallest absolute Gasteiger partial charge is 0.163 e. The van der Waals surface area contributed by atoms with Crippen LogP contribution in [0.3, 0.4) is 0 Å². The summed E-state index contributed by atoms with van der Waals surface area (Å²) in [6.45, 7) is 4.25. The first-order valence-corrected chi connectivity index (χ1v) is 5.73. The summed E-state index contributed by atoms with van der Waals surface area (Å²) in [5, 5.41) is 10.7. The Balaban J connectivity index is 2.52. The topological polar surface area (TPSA) is 37.3 Å². The Bertz CT molecular complexity index is 302. The fraction of sp³-hybridized carbons (Fsp3) is 0.545. The Kier molecular flexibility index (Phi) is 4.29. The van der Waals surface area contributed by atoms with E-state index in [9.17, 15) is 4.79 Å². The van der Waals surface area contributed by atoms with Crippen molar-refractivity contribution in [1.82, 2.24) is 0 Å². The largest absolute Gasteiger partial charge is 0.391 e. The molecule has 0 aromatic carbocycles. The predicted molar refractivity (Wildman–Crippen MR) is 58.6 cm³/mol. The molecule has 0 saturated carbocycles. The van der Waals surface area contributed by atoms with Crippen LogP contribution in [0.1, 0.15) is 41.9 Å². The lowest BCUT2D eigenvalue weighted by atomic mass is 10.0. The lowest BCUT2D eigenvalue weighted by Crippen LogP contribution is -1.99. The van der Waals surface area contributed by atoms with Gasteiger partial charge in [-0.25, -0.2) is 0 Å². The Morgan fingerprint density at radius 3 is 2.79 bits per heavy atom. The van der Waals surface area contributed by atoms with E-state index >= 15 is 0 Å². The quantitative estimate of drug-likeness (QED) is 0.762. The van der Waals surface area contributed by atoms with Crippen molar-refractivity contribution in [2.24, 2.45) is 5.92 Å². The molecule has 0 atom stereocenters. The highest BCUT2D eigenvalue weighted by molar-refractivity contribution is 7.10. The van der Waals surface area contributed by atoms with Crippen molar-refractivity contribution in [3.05, 3.63) is 21.9 Å². The van der Waals surface area contributed by atoms with Crippen molar-refractivity contribution < 1.29 is 9.90 Å². The number of aliphatic hydroxyl groups is 1. The molecule has 1 aromatic heterocycles. The van der Waals surface area contributed by atoms with Gasteiger partial charge in [0.05, 0.1) is 6.61 Å². The summed E-state index contributed by atoms with van der Waals surface area (Å²) in [5.74, 6) is 0.754. The fourth-order valence-corrected chi connectivity index (χ4v) is 1.92. The standard InChI is InChI=1S/C11H16O2S/c1-8(2)3-4-11(13)9-5-10(6-12)14-7-9/h5,7-8,12H,3-4,6H2,1-2H3. The molecule has 0 saturated heterocycles. The average molecular weight is 212 g/mol. The van der Waals surface area contributed by atoms with Gasteiger partial charge in [0, 0.05) is 22.2 Å². The van der Waals surface area contributed by atoms with E-state index < -0.39 is 0 Å². The SMILES string of the molecule is CC(C)CCC(=O)c1csc(CO)c1. The molecule has 1 N–H and O–H groups in total. The van der Waals surface area contributed by atoms with Crippen molar-refractivity contribution in [3.8, 4) is 0 Å². The van der Waals surface area contributed by atoms with Crippen molar-refractivity contribution >= 4 is 17.1 Å². The molecule has 0 amide bonds. The minimum atomic E-state index is 0.0299. The molecule has 78 valence electrons. The van der Waals surface area contributed by atoms with Crippen LogP contribution in [0.4, 0.5) is 0 Å². The van der Waals surface area contributed by atoms with Gasteiger partial charge in [0.1, 0.15) is 0 Å². The maximum Gasteiger partial charge on any atom is 0.163 e. The van der Waals surface area contributed by atoms with Crippen LogP contribution in [-0.2, 0) is 6.61 Å². The molecule has 1 aromatic rings. The second-order valence-electron chi connectivity index (χ2n) is 3.82. The van der Waals surface area contributed by atoms with Crippen LogP contribution >= 0.6 is 11.3 Å². The number of carbonyl (C=O) groups excluding carboxylic acids is 1. The van der Waals surface area contributed by atoms with E-state index in [-0.39, 0.29) is 12.4 Å². The van der Waals surface area contributed by atoms with Crippen molar-refractivity contribution in [1.29, 1.82) is 0 Å². The van der Waals surface area contributed by atoms with Crippen LogP contribution < -0.4 is 0 Å². The van der Waals surface area contributed by atoms with E-state index in [1.165, 1.54) is 11.3 Å². The normalized spacial score (nSPS) is 10.9. The van der Waals surface area contributed by atoms with Crippen LogP contribution in [0.5, 0.6) is 0 Å². The number of ketones is 1. The first-order valence-electron chi connectivity index (χ1n) is 4.85. The van der Waals surface area contributed by atoms with Gasteiger partial charge in [0.2, 0.25) is 0 Å². The molecule has 1 rings (SSSR count). The third-order valence-electron chi connectivity index (χ3n) is 2.08. The van der Waals surface area contributed by atoms with Gasteiger partial charge in [0.15, 0.2) is 5.78 Å². The van der Waals surface area contributed by atoms with Gasteiger partial charge in [-0.3, -0.25) is 4.79 Å². The minimum Gasteiger partial charge on any atom is -0.391 e. The van der Waals surface area contributed by atoms with Crippen LogP contribution in [0.2, 0.25) is 0 Å². The molecule has 3 heteroatoms. The second-order valence-corrected chi connectivity index (χ2v) is 4.81. The maximum absolute atomic E-state index is 11.6. The molecule has 2 nitrogen and oxygen atoms in total. The van der Waals surface area contributed by atoms with Crippen LogP contribution in [0.25, 0.3) is 0 Å². The van der Waals surface area contributed by atoms with E-state index in [0.717, 1.165) is 16.9 Å². The molecule has 1 heterocycles. The summed E-state index contributed by atoms with van der Waals surface area (Å²) in [6.07, 6.45) is 1.54. The summed E-state index contributed by atoms with van der Waals surface area (Å²) in [7, 11) is 0. The Labute approximate surface area is 88.6 Å². The molecule has 0 unspecified atom stereocenters. The van der Waals surface area contributed by atoms with Crippen LogP contribution in [-0.4, -0.2) is 10.9 Å². The molecule has 0 aliphatic carbocycles. The molecule has 0 radical (unpaired) electrons. The third kappa shape index (κ3) is 3.24. The van der Waals surface area contributed by atoms with Crippen molar-refractivity contribution in [3.63, 3.8) is 0 Å². The lowest BCUT2D eigenvalue weighted by molar-refractivity contribution is 0.0976. The van der Waals surface area contributed by atoms with Crippen LogP contribution in [0.15, 0.2) is 11.4 Å². The molecule has 0 spiro atoms. The summed E-state index contributed by atoms with van der Waals surface area (Å²) >= 11 is 1.44. The van der Waals surface area contributed by atoms with Gasteiger partial charge in [-0.2, -0.15) is 0 Å². The summed E-state index contributed by atoms with van der Waals surface area (Å²) < 4.78 is 0. The van der Waals surface area contributed by atoms with Gasteiger partial charge in [0.25, 0.3) is 0 Å². The number of thiophene rings is 1. The average Bonchev–Trinajstić information content (AvgIpc) is 2.62. The van der Waals surface area contributed by atoms with Gasteiger partial charge in [-0.05, 0) is 18.4 Å². The number of carbonyl (C=O) groups is 1. The Hall–Kier alpha value is -0.670. The predicted octanol–water partition coefficient (Wildman–Crippen LogP) is 2.86. The zero-order valence-electron chi connectivity index (χ0n) is 8.62. The molecule has 0 aliphatic heterocycles. The fourth-order valence-electron chi connectivity index (χ4n) is 1.17. The summed E-state index contributed by atoms with van der Waals surface area (Å²) in [6, 6.07) is 1.79. The molecular formula is C11H16O2S. The summed E-state index contributed by atoms with van der Waals surface area (Å²) in [5.41, 5.74) is 0.750. The first kappa shape index (κ1) is 11.4. The molecule has 14 heavy (non-hydrogen) atoms. The Morgan fingerprint density at radius 2 is 2.29 bits per heavy atom. The molecule has 0 bridgehead atoms. The monoisotopic (exact) mass is 212 g/mol. The van der Waals surface area contributed by atoms with Gasteiger partial charge < -0.3 is 5.11 Å². The van der Waals surface area contributed by atoms with Crippen molar-refractivity contribution in [2.45, 2.75) is 33.3 Å². The van der Waals surface area contributed by atoms with Gasteiger partial charge >= 0.3 is 0 Å². The number of hydrogen-bond acceptors (Lipinski definition) is 3. The van der Waals surface area contributed by atoms with Crippen LogP contribution in [0, 0.1) is 5.92 Å². The minimum absolute atomic E-state index is 0.0299. The van der Waals surface area contributed by atoms with Crippen molar-refractivity contribution in [2.75, 3.05) is 0 Å². The number of aliphatic hydroxyl groups excluding tert-OH is 1. The first-order chi connectivity index (χ1) is 6.63. The maximum atomic E-state index is 11.6. The molecular weight excluding hydrogens is 196 g/mol. The zero-order chi connectivity index (χ0) is 10.6. The summed E-state index contributed by atoms with van der Waals surface area (Å²) in [4.78, 5) is 12.5. The highest BCUT2D eigenvalue weighted by atomic mass is 32.1. The number of Topliss-reactive ketones (excluding diaryl/α,β-unsaturated/α-hetero) is 1. The Morgan fingerprint density at radius 1 is 1.57 bits per heavy atom. The number of hydrogen-bond donors (Lipinski definition) is 1.